The molecule has 26 heavy (non-hydrogen) atoms. The number of halogens is 3. The van der Waals surface area contributed by atoms with Crippen LogP contribution in [0.3, 0.4) is 0 Å². The van der Waals surface area contributed by atoms with E-state index in [1.54, 1.807) is 6.92 Å². The molecule has 1 rings (SSSR count). The van der Waals surface area contributed by atoms with E-state index in [0.717, 1.165) is 5.57 Å². The van der Waals surface area contributed by atoms with E-state index in [-0.39, 0.29) is 18.1 Å². The Labute approximate surface area is 150 Å². The monoisotopic (exact) mass is 373 g/mol. The number of amides is 1. The number of ether oxygens (including phenoxy) is 2. The lowest BCUT2D eigenvalue weighted by Crippen LogP contribution is -2.35. The molecule has 0 unspecified atom stereocenters. The summed E-state index contributed by atoms with van der Waals surface area (Å²) in [5.41, 5.74) is 1.50. The van der Waals surface area contributed by atoms with Crippen molar-refractivity contribution in [2.75, 3.05) is 26.3 Å². The predicted molar refractivity (Wildman–Crippen MR) is 89.5 cm³/mol. The zero-order valence-corrected chi connectivity index (χ0v) is 14.8. The maximum absolute atomic E-state index is 12.0. The molecule has 144 valence electrons. The van der Waals surface area contributed by atoms with Crippen LogP contribution in [-0.4, -0.2) is 49.3 Å². The highest BCUT2D eigenvalue weighted by Crippen LogP contribution is 2.16. The molecule has 0 fully saturated rings. The number of benzene rings is 1. The summed E-state index contributed by atoms with van der Waals surface area (Å²) in [5, 5.41) is 0. The molecule has 0 saturated heterocycles. The fourth-order valence-corrected chi connectivity index (χ4v) is 2.03. The molecule has 8 heteroatoms. The topological polar surface area (TPSA) is 55.8 Å². The Morgan fingerprint density at radius 3 is 2.31 bits per heavy atom. The Bertz CT molecular complexity index is 626. The van der Waals surface area contributed by atoms with Gasteiger partial charge in [-0.25, -0.2) is 4.79 Å². The molecule has 0 saturated carbocycles. The molecule has 0 N–H and O–H groups in total. The Morgan fingerprint density at radius 1 is 1.19 bits per heavy atom. The normalized spacial score (nSPS) is 11.1. The zero-order chi connectivity index (χ0) is 19.7. The largest absolute Gasteiger partial charge is 0.452 e. The summed E-state index contributed by atoms with van der Waals surface area (Å²) in [6, 6.07) is 5.75. The third-order valence-corrected chi connectivity index (χ3v) is 3.25. The van der Waals surface area contributed by atoms with Crippen molar-refractivity contribution in [3.05, 3.63) is 47.5 Å². The van der Waals surface area contributed by atoms with Crippen LogP contribution in [0, 0.1) is 0 Å². The van der Waals surface area contributed by atoms with Gasteiger partial charge in [0.25, 0.3) is 5.91 Å². The number of carbonyl (C=O) groups is 2. The summed E-state index contributed by atoms with van der Waals surface area (Å²) >= 11 is 0. The fourth-order valence-electron chi connectivity index (χ4n) is 2.03. The maximum atomic E-state index is 12.0. The van der Waals surface area contributed by atoms with E-state index < -0.39 is 25.4 Å². The second-order valence-corrected chi connectivity index (χ2v) is 5.75. The van der Waals surface area contributed by atoms with Gasteiger partial charge in [0.2, 0.25) is 0 Å². The van der Waals surface area contributed by atoms with E-state index in [1.807, 2.05) is 6.92 Å². The van der Waals surface area contributed by atoms with Crippen LogP contribution in [0.5, 0.6) is 0 Å². The molecule has 0 aliphatic heterocycles. The summed E-state index contributed by atoms with van der Waals surface area (Å²) in [5.74, 6) is -1.02. The fraction of sp³-hybridized carbons (Fsp3) is 0.444. The first-order valence-corrected chi connectivity index (χ1v) is 7.95. The molecule has 1 aromatic rings. The third-order valence-electron chi connectivity index (χ3n) is 3.25. The molecule has 0 spiro atoms. The number of nitrogens with zero attached hydrogens (tertiary/aromatic N) is 1. The Morgan fingerprint density at radius 2 is 1.81 bits per heavy atom. The number of hydrogen-bond acceptors (Lipinski definition) is 4. The molecule has 0 bridgehead atoms. The van der Waals surface area contributed by atoms with Crippen molar-refractivity contribution in [3.63, 3.8) is 0 Å². The number of carbonyl (C=O) groups excluding carboxylic acids is 2. The van der Waals surface area contributed by atoms with Gasteiger partial charge in [0.1, 0.15) is 6.61 Å². The zero-order valence-electron chi connectivity index (χ0n) is 14.8. The van der Waals surface area contributed by atoms with Crippen molar-refractivity contribution in [1.82, 2.24) is 4.90 Å². The van der Waals surface area contributed by atoms with Crippen molar-refractivity contribution in [3.8, 4) is 0 Å². The maximum Gasteiger partial charge on any atom is 0.411 e. The second kappa shape index (κ2) is 9.96. The van der Waals surface area contributed by atoms with Crippen LogP contribution in [0.25, 0.3) is 0 Å². The first-order chi connectivity index (χ1) is 12.1. The van der Waals surface area contributed by atoms with Crippen molar-refractivity contribution < 1.29 is 32.2 Å². The molecule has 1 aromatic carbocycles. The van der Waals surface area contributed by atoms with Gasteiger partial charge < -0.3 is 14.4 Å². The summed E-state index contributed by atoms with van der Waals surface area (Å²) in [6.45, 7) is 6.24. The van der Waals surface area contributed by atoms with E-state index in [0.29, 0.717) is 18.7 Å². The van der Waals surface area contributed by atoms with Crippen LogP contribution in [0.2, 0.25) is 0 Å². The summed E-state index contributed by atoms with van der Waals surface area (Å²) in [6.07, 6.45) is -4.38. The number of alkyl halides is 3. The molecule has 0 aliphatic rings. The highest BCUT2D eigenvalue weighted by Gasteiger charge is 2.27. The highest BCUT2D eigenvalue weighted by molar-refractivity contribution is 5.91. The molecular weight excluding hydrogens is 351 g/mol. The van der Waals surface area contributed by atoms with Gasteiger partial charge in [-0.2, -0.15) is 13.2 Å². The smallest absolute Gasteiger partial charge is 0.411 e. The number of likely N-dealkylation sites (N-methyl/N-ethyl adjacent to an activating group) is 1. The van der Waals surface area contributed by atoms with Crippen LogP contribution < -0.4 is 0 Å². The van der Waals surface area contributed by atoms with Crippen molar-refractivity contribution in [2.45, 2.75) is 26.6 Å². The number of rotatable bonds is 9. The summed E-state index contributed by atoms with van der Waals surface area (Å²) in [4.78, 5) is 25.5. The number of esters is 1. The minimum atomic E-state index is -4.38. The Balaban J connectivity index is 2.50. The van der Waals surface area contributed by atoms with E-state index in [2.05, 4.69) is 11.3 Å². The molecule has 0 aromatic heterocycles. The van der Waals surface area contributed by atoms with Crippen LogP contribution in [0.15, 0.2) is 36.4 Å². The van der Waals surface area contributed by atoms with Gasteiger partial charge >= 0.3 is 12.1 Å². The van der Waals surface area contributed by atoms with Gasteiger partial charge in [0, 0.05) is 13.1 Å². The van der Waals surface area contributed by atoms with E-state index in [9.17, 15) is 22.8 Å². The molecular formula is C18H22F3NO4. The number of hydrogen-bond donors (Lipinski definition) is 0. The van der Waals surface area contributed by atoms with Gasteiger partial charge in [0.15, 0.2) is 6.61 Å². The van der Waals surface area contributed by atoms with Gasteiger partial charge in [-0.3, -0.25) is 4.79 Å². The standard InChI is InChI=1S/C18H22F3NO4/c1-4-22(9-13(2)3)16(23)11-26-17(24)15-7-5-14(6-8-15)10-25-12-18(19,20)21/h5-8H,2,4,9-12H2,1,3H3. The average Bonchev–Trinajstić information content (AvgIpc) is 2.56. The first-order valence-electron chi connectivity index (χ1n) is 7.95. The first kappa shape index (κ1) is 21.7. The highest BCUT2D eigenvalue weighted by atomic mass is 19.4. The van der Waals surface area contributed by atoms with Gasteiger partial charge in [0.05, 0.1) is 12.2 Å². The molecule has 5 nitrogen and oxygen atoms in total. The minimum Gasteiger partial charge on any atom is -0.452 e. The molecule has 0 aliphatic carbocycles. The lowest BCUT2D eigenvalue weighted by atomic mass is 10.1. The van der Waals surface area contributed by atoms with Gasteiger partial charge in [-0.1, -0.05) is 24.3 Å². The Kier molecular flexibility index (Phi) is 8.31. The summed E-state index contributed by atoms with van der Waals surface area (Å²) < 4.78 is 45.5. The predicted octanol–water partition coefficient (Wildman–Crippen LogP) is 3.35. The Hall–Kier alpha value is -2.35. The summed E-state index contributed by atoms with van der Waals surface area (Å²) in [7, 11) is 0. The third kappa shape index (κ3) is 8.15. The van der Waals surface area contributed by atoms with Crippen molar-refractivity contribution >= 4 is 11.9 Å². The lowest BCUT2D eigenvalue weighted by molar-refractivity contribution is -0.176. The van der Waals surface area contributed by atoms with E-state index >= 15 is 0 Å². The van der Waals surface area contributed by atoms with Crippen molar-refractivity contribution in [1.29, 1.82) is 0 Å². The van der Waals surface area contributed by atoms with Crippen molar-refractivity contribution in [2.24, 2.45) is 0 Å². The molecule has 0 atom stereocenters. The quantitative estimate of drug-likeness (QED) is 0.492. The lowest BCUT2D eigenvalue weighted by Gasteiger charge is -2.20. The molecule has 1 amide bonds. The second-order valence-electron chi connectivity index (χ2n) is 5.75. The average molecular weight is 373 g/mol. The van der Waals surface area contributed by atoms with Crippen LogP contribution in [0.4, 0.5) is 13.2 Å². The SMILES string of the molecule is C=C(C)CN(CC)C(=O)COC(=O)c1ccc(COCC(F)(F)F)cc1. The minimum absolute atomic E-state index is 0.195. The van der Waals surface area contributed by atoms with Crippen LogP contribution >= 0.6 is 0 Å². The van der Waals surface area contributed by atoms with Gasteiger partial charge in [-0.15, -0.1) is 0 Å². The van der Waals surface area contributed by atoms with E-state index in [4.69, 9.17) is 4.74 Å². The van der Waals surface area contributed by atoms with E-state index in [1.165, 1.54) is 29.2 Å². The van der Waals surface area contributed by atoms with Crippen LogP contribution in [0.1, 0.15) is 29.8 Å². The molecule has 0 heterocycles. The van der Waals surface area contributed by atoms with Gasteiger partial charge in [-0.05, 0) is 31.5 Å². The molecule has 0 radical (unpaired) electrons. The van der Waals surface area contributed by atoms with Crippen LogP contribution in [-0.2, 0) is 20.9 Å².